The van der Waals surface area contributed by atoms with Crippen LogP contribution < -0.4 is 10.0 Å². The fourth-order valence-corrected chi connectivity index (χ4v) is 5.55. The Labute approximate surface area is 241 Å². The quantitative estimate of drug-likeness (QED) is 0.294. The Morgan fingerprint density at radius 2 is 1.67 bits per heavy atom. The summed E-state index contributed by atoms with van der Waals surface area (Å²) in [5.74, 6) is -0.101. The highest BCUT2D eigenvalue weighted by molar-refractivity contribution is 7.89. The second kappa shape index (κ2) is 15.4. The Hall–Kier alpha value is -2.40. The lowest BCUT2D eigenvalue weighted by atomic mass is 9.90. The van der Waals surface area contributed by atoms with Crippen LogP contribution in [0.25, 0.3) is 0 Å². The van der Waals surface area contributed by atoms with Crippen molar-refractivity contribution in [3.8, 4) is 0 Å². The maximum Gasteiger partial charge on any atom is 0.325 e. The van der Waals surface area contributed by atoms with Crippen molar-refractivity contribution in [2.75, 3.05) is 39.5 Å². The molecule has 212 valence electrons. The number of urea groups is 1. The third-order valence-electron chi connectivity index (χ3n) is 6.18. The fraction of sp³-hybridized carbons (Fsp3) is 0.393. The number of nitrogens with zero attached hydrogens (tertiary/aromatic N) is 1. The van der Waals surface area contributed by atoms with E-state index in [2.05, 4.69) is 10.0 Å². The molecule has 0 bridgehead atoms. The van der Waals surface area contributed by atoms with E-state index in [4.69, 9.17) is 32.7 Å². The van der Waals surface area contributed by atoms with Gasteiger partial charge in [0, 0.05) is 41.5 Å². The standard InChI is InChI=1S/C28H35Cl2N3O5S/c1-21(26-19-24(29)20-27(30)22(26)2)23-8-7-9-25(18-23)39(35,36)32-11-15-38-17-16-37-14-10-31-28(34)33-12-5-3-4-6-13-33/h5-9,12-13,18-21,32H,3-4,10-11,14-17H2,1-2H3,(H,31,34)/t21-/m1/s1. The van der Waals surface area contributed by atoms with Crippen LogP contribution >= 0.6 is 23.2 Å². The first-order valence-corrected chi connectivity index (χ1v) is 15.0. The van der Waals surface area contributed by atoms with Gasteiger partial charge in [0.1, 0.15) is 0 Å². The highest BCUT2D eigenvalue weighted by Crippen LogP contribution is 2.33. The maximum absolute atomic E-state index is 12.8. The van der Waals surface area contributed by atoms with Crippen LogP contribution in [0.3, 0.4) is 0 Å². The van der Waals surface area contributed by atoms with Crippen molar-refractivity contribution < 1.29 is 22.7 Å². The number of rotatable bonds is 13. The van der Waals surface area contributed by atoms with Gasteiger partial charge in [0.25, 0.3) is 0 Å². The number of hydrogen-bond donors (Lipinski definition) is 2. The maximum atomic E-state index is 12.8. The number of carbonyl (C=O) groups excluding carboxylic acids is 1. The average Bonchev–Trinajstić information content (AvgIpc) is 3.21. The van der Waals surface area contributed by atoms with E-state index in [0.717, 1.165) is 29.5 Å². The van der Waals surface area contributed by atoms with Crippen LogP contribution in [-0.4, -0.2) is 58.9 Å². The number of benzene rings is 2. The predicted molar refractivity (Wildman–Crippen MR) is 155 cm³/mol. The number of carbonyl (C=O) groups is 1. The Morgan fingerprint density at radius 3 is 2.36 bits per heavy atom. The van der Waals surface area contributed by atoms with E-state index < -0.39 is 10.0 Å². The molecule has 0 saturated carbocycles. The Bertz CT molecular complexity index is 1270. The molecule has 1 atom stereocenters. The fourth-order valence-electron chi connectivity index (χ4n) is 3.97. The molecule has 1 aliphatic heterocycles. The molecular formula is C28H35Cl2N3O5S. The van der Waals surface area contributed by atoms with Gasteiger partial charge in [-0.25, -0.2) is 17.9 Å². The molecule has 0 radical (unpaired) electrons. The predicted octanol–water partition coefficient (Wildman–Crippen LogP) is 5.60. The zero-order chi connectivity index (χ0) is 28.3. The minimum absolute atomic E-state index is 0.101. The zero-order valence-electron chi connectivity index (χ0n) is 22.2. The van der Waals surface area contributed by atoms with Crippen molar-refractivity contribution >= 4 is 39.3 Å². The molecule has 0 saturated heterocycles. The molecule has 2 aromatic carbocycles. The van der Waals surface area contributed by atoms with Gasteiger partial charge in [-0.15, -0.1) is 0 Å². The summed E-state index contributed by atoms with van der Waals surface area (Å²) in [6.07, 6.45) is 9.22. The van der Waals surface area contributed by atoms with E-state index >= 15 is 0 Å². The molecule has 0 aromatic heterocycles. The Balaban J connectivity index is 1.36. The molecule has 1 aliphatic rings. The van der Waals surface area contributed by atoms with Gasteiger partial charge in [0.15, 0.2) is 0 Å². The molecule has 2 amide bonds. The van der Waals surface area contributed by atoms with E-state index in [-0.39, 0.29) is 30.0 Å². The van der Waals surface area contributed by atoms with Gasteiger partial charge >= 0.3 is 6.03 Å². The van der Waals surface area contributed by atoms with Crippen molar-refractivity contribution in [3.05, 3.63) is 87.7 Å². The number of hydrogen-bond acceptors (Lipinski definition) is 5. The summed E-state index contributed by atoms with van der Waals surface area (Å²) in [4.78, 5) is 13.7. The van der Waals surface area contributed by atoms with Crippen molar-refractivity contribution in [2.45, 2.75) is 37.5 Å². The molecule has 11 heteroatoms. The number of halogens is 2. The van der Waals surface area contributed by atoms with Gasteiger partial charge in [-0.3, -0.25) is 4.90 Å². The molecule has 2 N–H and O–H groups in total. The lowest BCUT2D eigenvalue weighted by molar-refractivity contribution is 0.0515. The van der Waals surface area contributed by atoms with E-state index in [0.29, 0.717) is 36.4 Å². The van der Waals surface area contributed by atoms with E-state index in [1.165, 1.54) is 4.90 Å². The first-order chi connectivity index (χ1) is 18.7. The molecule has 2 aromatic rings. The van der Waals surface area contributed by atoms with Gasteiger partial charge in [-0.2, -0.15) is 0 Å². The SMILES string of the molecule is Cc1c(Cl)cc(Cl)cc1[C@H](C)c1cccc(S(=O)(=O)NCCOCCOCCNC(=O)N2C=CCCC=C2)c1. The van der Waals surface area contributed by atoms with Crippen LogP contribution in [0.2, 0.25) is 10.0 Å². The van der Waals surface area contributed by atoms with Crippen molar-refractivity contribution in [1.82, 2.24) is 14.9 Å². The lowest BCUT2D eigenvalue weighted by Gasteiger charge is -2.18. The highest BCUT2D eigenvalue weighted by Gasteiger charge is 2.18. The lowest BCUT2D eigenvalue weighted by Crippen LogP contribution is -2.35. The molecule has 8 nitrogen and oxygen atoms in total. The summed E-state index contributed by atoms with van der Waals surface area (Å²) in [5, 5.41) is 3.89. The first-order valence-electron chi connectivity index (χ1n) is 12.8. The molecular weight excluding hydrogens is 561 g/mol. The smallest absolute Gasteiger partial charge is 0.325 e. The average molecular weight is 597 g/mol. The number of ether oxygens (including phenoxy) is 2. The molecule has 3 rings (SSSR count). The monoisotopic (exact) mass is 595 g/mol. The van der Waals surface area contributed by atoms with Gasteiger partial charge < -0.3 is 14.8 Å². The molecule has 39 heavy (non-hydrogen) atoms. The van der Waals surface area contributed by atoms with E-state index in [1.807, 2.05) is 38.1 Å². The number of allylic oxidation sites excluding steroid dienone is 2. The van der Waals surface area contributed by atoms with Gasteiger partial charge in [-0.1, -0.05) is 54.4 Å². The van der Waals surface area contributed by atoms with Gasteiger partial charge in [0.2, 0.25) is 10.0 Å². The summed E-state index contributed by atoms with van der Waals surface area (Å²) in [5.41, 5.74) is 2.69. The van der Waals surface area contributed by atoms with Crippen molar-refractivity contribution in [2.24, 2.45) is 0 Å². The summed E-state index contributed by atoms with van der Waals surface area (Å²) < 4.78 is 39.2. The number of nitrogens with one attached hydrogen (secondary N) is 2. The Kier molecular flexibility index (Phi) is 12.3. The van der Waals surface area contributed by atoms with Crippen LogP contribution in [0.5, 0.6) is 0 Å². The molecule has 0 fully saturated rings. The normalized spacial score (nSPS) is 14.3. The summed E-state index contributed by atoms with van der Waals surface area (Å²) in [6, 6.07) is 10.2. The third kappa shape index (κ3) is 9.63. The molecule has 0 unspecified atom stereocenters. The highest BCUT2D eigenvalue weighted by atomic mass is 35.5. The van der Waals surface area contributed by atoms with E-state index in [1.54, 1.807) is 36.7 Å². The van der Waals surface area contributed by atoms with Crippen LogP contribution in [0.4, 0.5) is 4.79 Å². The second-order valence-electron chi connectivity index (χ2n) is 9.00. The van der Waals surface area contributed by atoms with Crippen LogP contribution in [0, 0.1) is 6.92 Å². The third-order valence-corrected chi connectivity index (χ3v) is 8.25. The van der Waals surface area contributed by atoms with Crippen LogP contribution in [0.15, 0.2) is 65.8 Å². The number of amides is 2. The first kappa shape index (κ1) is 31.1. The molecule has 0 spiro atoms. The minimum atomic E-state index is -3.72. The summed E-state index contributed by atoms with van der Waals surface area (Å²) >= 11 is 12.5. The van der Waals surface area contributed by atoms with E-state index in [9.17, 15) is 13.2 Å². The topological polar surface area (TPSA) is 97.0 Å². The van der Waals surface area contributed by atoms with Crippen LogP contribution in [-0.2, 0) is 19.5 Å². The zero-order valence-corrected chi connectivity index (χ0v) is 24.5. The summed E-state index contributed by atoms with van der Waals surface area (Å²) in [7, 11) is -3.72. The molecule has 0 aliphatic carbocycles. The number of sulfonamides is 1. The summed E-state index contributed by atoms with van der Waals surface area (Å²) in [6.45, 7) is 5.59. The van der Waals surface area contributed by atoms with Gasteiger partial charge in [-0.05, 0) is 60.7 Å². The van der Waals surface area contributed by atoms with Crippen LogP contribution in [0.1, 0.15) is 42.4 Å². The Morgan fingerprint density at radius 1 is 1.00 bits per heavy atom. The van der Waals surface area contributed by atoms with Crippen molar-refractivity contribution in [3.63, 3.8) is 0 Å². The minimum Gasteiger partial charge on any atom is -0.378 e. The largest absolute Gasteiger partial charge is 0.378 e. The van der Waals surface area contributed by atoms with Crippen molar-refractivity contribution in [1.29, 1.82) is 0 Å². The van der Waals surface area contributed by atoms with Gasteiger partial charge in [0.05, 0.1) is 31.3 Å². The molecule has 1 heterocycles. The second-order valence-corrected chi connectivity index (χ2v) is 11.6.